The number of aromatic amines is 1. The smallest absolute Gasteiger partial charge is 0.330 e. The monoisotopic (exact) mass is 467 g/mol. The fraction of sp³-hybridized carbons (Fsp3) is 0.480. The first kappa shape index (κ1) is 23.8. The van der Waals surface area contributed by atoms with Gasteiger partial charge in [-0.3, -0.25) is 19.1 Å². The molecular formula is C25H33N5O4. The second-order valence-corrected chi connectivity index (χ2v) is 8.84. The number of amides is 1. The van der Waals surface area contributed by atoms with Crippen molar-refractivity contribution in [2.45, 2.75) is 38.6 Å². The molecule has 2 aromatic rings. The quantitative estimate of drug-likeness (QED) is 0.572. The number of H-pyrrole nitrogens is 1. The fourth-order valence-corrected chi connectivity index (χ4v) is 4.56. The van der Waals surface area contributed by atoms with Gasteiger partial charge in [0, 0.05) is 19.6 Å². The third-order valence-electron chi connectivity index (χ3n) is 6.49. The van der Waals surface area contributed by atoms with Crippen molar-refractivity contribution < 1.29 is 9.53 Å². The van der Waals surface area contributed by atoms with Crippen molar-refractivity contribution in [1.29, 1.82) is 0 Å². The Balaban J connectivity index is 1.65. The molecule has 0 spiro atoms. The highest BCUT2D eigenvalue weighted by molar-refractivity contribution is 5.82. The summed E-state index contributed by atoms with van der Waals surface area (Å²) in [6.07, 6.45) is 7.45. The number of nitrogen functional groups attached to an aromatic ring is 1. The van der Waals surface area contributed by atoms with Crippen molar-refractivity contribution in [2.75, 3.05) is 50.0 Å². The minimum Gasteiger partial charge on any atom is -0.383 e. The zero-order chi connectivity index (χ0) is 23.9. The number of ether oxygens (including phenoxy) is 1. The van der Waals surface area contributed by atoms with Gasteiger partial charge in [0.05, 0.1) is 26.3 Å². The van der Waals surface area contributed by atoms with Crippen LogP contribution in [-0.2, 0) is 16.1 Å². The van der Waals surface area contributed by atoms with Crippen LogP contribution in [0.4, 0.5) is 11.5 Å². The van der Waals surface area contributed by atoms with Gasteiger partial charge in [-0.1, -0.05) is 42.0 Å². The van der Waals surface area contributed by atoms with Gasteiger partial charge in [0.15, 0.2) is 0 Å². The summed E-state index contributed by atoms with van der Waals surface area (Å²) in [6.45, 7) is 2.77. The van der Waals surface area contributed by atoms with Crippen LogP contribution in [0.25, 0.3) is 0 Å². The highest BCUT2D eigenvalue weighted by atomic mass is 16.5. The van der Waals surface area contributed by atoms with E-state index in [1.165, 1.54) is 16.6 Å². The van der Waals surface area contributed by atoms with E-state index in [1.54, 1.807) is 9.80 Å². The molecule has 0 atom stereocenters. The first-order valence-corrected chi connectivity index (χ1v) is 12.0. The Morgan fingerprint density at radius 2 is 1.88 bits per heavy atom. The molecule has 1 fully saturated rings. The number of anilines is 2. The van der Waals surface area contributed by atoms with E-state index < -0.39 is 11.2 Å². The van der Waals surface area contributed by atoms with Crippen LogP contribution < -0.4 is 21.9 Å². The molecule has 34 heavy (non-hydrogen) atoms. The molecule has 1 aromatic carbocycles. The number of allylic oxidation sites excluding steroid dienone is 1. The number of nitrogens with zero attached hydrogens (tertiary/aromatic N) is 3. The second-order valence-electron chi connectivity index (χ2n) is 8.84. The average molecular weight is 468 g/mol. The van der Waals surface area contributed by atoms with Gasteiger partial charge >= 0.3 is 5.69 Å². The molecular weight excluding hydrogens is 434 g/mol. The summed E-state index contributed by atoms with van der Waals surface area (Å²) in [5.74, 6) is -0.00876. The molecule has 1 aromatic heterocycles. The van der Waals surface area contributed by atoms with Crippen LogP contribution in [0.3, 0.4) is 0 Å². The predicted molar refractivity (Wildman–Crippen MR) is 132 cm³/mol. The highest BCUT2D eigenvalue weighted by Gasteiger charge is 2.25. The number of hydrogen-bond donors (Lipinski definition) is 2. The number of rotatable bonds is 8. The Bertz CT molecular complexity index is 1130. The molecule has 0 saturated carbocycles. The molecule has 2 aliphatic rings. The molecule has 9 nitrogen and oxygen atoms in total. The van der Waals surface area contributed by atoms with Crippen LogP contribution in [0.15, 0.2) is 51.6 Å². The molecule has 0 unspecified atom stereocenters. The maximum atomic E-state index is 13.1. The first-order chi connectivity index (χ1) is 16.5. The molecule has 1 saturated heterocycles. The molecule has 4 rings (SSSR count). The van der Waals surface area contributed by atoms with E-state index >= 15 is 0 Å². The molecule has 0 bridgehead atoms. The molecule has 0 radical (unpaired) electrons. The Morgan fingerprint density at radius 1 is 1.12 bits per heavy atom. The lowest BCUT2D eigenvalue weighted by Crippen LogP contribution is -2.48. The van der Waals surface area contributed by atoms with E-state index in [9.17, 15) is 14.4 Å². The SMILES string of the molecule is Nc1c(N(CCC2=CCCCC2)CC(=O)N2CCOCC2)c(=O)[nH]c(=O)n1Cc1ccccc1. The molecule has 3 N–H and O–H groups in total. The average Bonchev–Trinajstić information content (AvgIpc) is 2.86. The lowest BCUT2D eigenvalue weighted by molar-refractivity contribution is -0.133. The minimum absolute atomic E-state index is 0.0180. The molecule has 1 aliphatic carbocycles. The number of hydrogen-bond acceptors (Lipinski definition) is 6. The summed E-state index contributed by atoms with van der Waals surface area (Å²) in [5.41, 5.74) is 7.70. The van der Waals surface area contributed by atoms with Gasteiger partial charge in [-0.15, -0.1) is 0 Å². The van der Waals surface area contributed by atoms with Crippen molar-refractivity contribution in [3.05, 3.63) is 68.4 Å². The van der Waals surface area contributed by atoms with Gasteiger partial charge in [-0.25, -0.2) is 4.79 Å². The predicted octanol–water partition coefficient (Wildman–Crippen LogP) is 1.72. The van der Waals surface area contributed by atoms with Crippen LogP contribution in [0.2, 0.25) is 0 Å². The van der Waals surface area contributed by atoms with Crippen LogP contribution in [0.5, 0.6) is 0 Å². The third-order valence-corrected chi connectivity index (χ3v) is 6.49. The summed E-state index contributed by atoms with van der Waals surface area (Å²) in [5, 5.41) is 0. The topological polar surface area (TPSA) is 114 Å². The Labute approximate surface area is 198 Å². The number of carbonyl (C=O) groups is 1. The van der Waals surface area contributed by atoms with Gasteiger partial charge in [0.25, 0.3) is 5.56 Å². The number of aromatic nitrogens is 2. The normalized spacial score (nSPS) is 16.2. The van der Waals surface area contributed by atoms with Crippen LogP contribution in [0, 0.1) is 0 Å². The van der Waals surface area contributed by atoms with Crippen molar-refractivity contribution in [2.24, 2.45) is 0 Å². The first-order valence-electron chi connectivity index (χ1n) is 12.0. The number of morpholine rings is 1. The minimum atomic E-state index is -0.570. The van der Waals surface area contributed by atoms with Gasteiger partial charge in [-0.05, 0) is 37.7 Å². The largest absolute Gasteiger partial charge is 0.383 e. The Hall–Kier alpha value is -3.33. The molecule has 1 amide bonds. The third kappa shape index (κ3) is 5.77. The Morgan fingerprint density at radius 3 is 2.59 bits per heavy atom. The zero-order valence-electron chi connectivity index (χ0n) is 19.5. The molecule has 2 heterocycles. The fourth-order valence-electron chi connectivity index (χ4n) is 4.56. The van der Waals surface area contributed by atoms with E-state index in [0.717, 1.165) is 31.2 Å². The number of nitrogens with two attached hydrogens (primary N) is 1. The van der Waals surface area contributed by atoms with Gasteiger partial charge in [0.1, 0.15) is 11.5 Å². The lowest BCUT2D eigenvalue weighted by atomic mass is 9.97. The summed E-state index contributed by atoms with van der Waals surface area (Å²) in [7, 11) is 0. The van der Waals surface area contributed by atoms with Crippen molar-refractivity contribution in [3.8, 4) is 0 Å². The molecule has 1 aliphatic heterocycles. The van der Waals surface area contributed by atoms with Crippen molar-refractivity contribution in [1.82, 2.24) is 14.5 Å². The van der Waals surface area contributed by atoms with E-state index in [0.29, 0.717) is 32.8 Å². The standard InChI is InChI=1S/C25H33N5O4/c26-23-22(24(32)27-25(33)30(23)17-20-9-5-2-6-10-20)29(12-11-19-7-3-1-4-8-19)18-21(31)28-13-15-34-16-14-28/h2,5-7,9-10H,1,3-4,8,11-18,26H2,(H,27,32,33). The van der Waals surface area contributed by atoms with E-state index in [-0.39, 0.29) is 30.5 Å². The summed E-state index contributed by atoms with van der Waals surface area (Å²) in [4.78, 5) is 44.6. The number of carbonyl (C=O) groups excluding carboxylic acids is 1. The summed E-state index contributed by atoms with van der Waals surface area (Å²) >= 11 is 0. The maximum absolute atomic E-state index is 13.1. The lowest BCUT2D eigenvalue weighted by Gasteiger charge is -2.31. The summed E-state index contributed by atoms with van der Waals surface area (Å²) < 4.78 is 6.72. The van der Waals surface area contributed by atoms with Crippen LogP contribution >= 0.6 is 0 Å². The van der Waals surface area contributed by atoms with Crippen LogP contribution in [-0.4, -0.2) is 59.8 Å². The van der Waals surface area contributed by atoms with Gasteiger partial charge < -0.3 is 20.3 Å². The van der Waals surface area contributed by atoms with Gasteiger partial charge in [-0.2, -0.15) is 0 Å². The molecule has 9 heteroatoms. The highest BCUT2D eigenvalue weighted by Crippen LogP contribution is 2.23. The number of nitrogens with one attached hydrogen (secondary N) is 1. The second kappa shape index (κ2) is 11.2. The van der Waals surface area contributed by atoms with Crippen LogP contribution in [0.1, 0.15) is 37.7 Å². The van der Waals surface area contributed by atoms with Crippen molar-refractivity contribution in [3.63, 3.8) is 0 Å². The Kier molecular flexibility index (Phi) is 7.84. The van der Waals surface area contributed by atoms with E-state index in [1.807, 2.05) is 30.3 Å². The zero-order valence-corrected chi connectivity index (χ0v) is 19.5. The van der Waals surface area contributed by atoms with E-state index in [4.69, 9.17) is 10.5 Å². The van der Waals surface area contributed by atoms with E-state index in [2.05, 4.69) is 11.1 Å². The summed E-state index contributed by atoms with van der Waals surface area (Å²) in [6, 6.07) is 9.45. The number of benzene rings is 1. The molecule has 182 valence electrons. The maximum Gasteiger partial charge on any atom is 0.330 e. The van der Waals surface area contributed by atoms with Crippen molar-refractivity contribution >= 4 is 17.4 Å². The van der Waals surface area contributed by atoms with Gasteiger partial charge in [0.2, 0.25) is 5.91 Å².